The van der Waals surface area contributed by atoms with Gasteiger partial charge in [-0.1, -0.05) is 24.3 Å². The molecule has 1 aromatic carbocycles. The fourth-order valence-corrected chi connectivity index (χ4v) is 5.20. The van der Waals surface area contributed by atoms with Gasteiger partial charge in [0.2, 0.25) is 15.9 Å². The Morgan fingerprint density at radius 3 is 2.00 bits per heavy atom. The predicted octanol–water partition coefficient (Wildman–Crippen LogP) is 2.89. The first-order valence-corrected chi connectivity index (χ1v) is 10.3. The monoisotopic (exact) mass is 376 g/mol. The second-order valence-electron chi connectivity index (χ2n) is 6.70. The van der Waals surface area contributed by atoms with Crippen LogP contribution >= 0.6 is 0 Å². The van der Waals surface area contributed by atoms with Crippen molar-refractivity contribution < 1.29 is 13.2 Å². The zero-order chi connectivity index (χ0) is 19.5. The van der Waals surface area contributed by atoms with Crippen molar-refractivity contribution in [1.29, 1.82) is 0 Å². The van der Waals surface area contributed by atoms with E-state index in [1.54, 1.807) is 17.1 Å². The molecule has 0 saturated carbocycles. The van der Waals surface area contributed by atoms with Gasteiger partial charge in [0, 0.05) is 32.3 Å². The second-order valence-corrected chi connectivity index (χ2v) is 8.58. The average molecular weight is 377 g/mol. The molecule has 1 aliphatic heterocycles. The fraction of sp³-hybridized carbons (Fsp3) is 0.450. The molecule has 1 heterocycles. The van der Waals surface area contributed by atoms with Crippen LogP contribution in [-0.2, 0) is 14.8 Å². The summed E-state index contributed by atoms with van der Waals surface area (Å²) in [6.45, 7) is 10.9. The number of sulfonamides is 1. The number of allylic oxidation sites excluding steroid dienone is 3. The molecule has 1 saturated heterocycles. The molecule has 1 amide bonds. The molecule has 0 aliphatic carbocycles. The molecule has 0 spiro atoms. The summed E-state index contributed by atoms with van der Waals surface area (Å²) in [4.78, 5) is 14.2. The van der Waals surface area contributed by atoms with Crippen molar-refractivity contribution in [3.05, 3.63) is 52.6 Å². The second kappa shape index (κ2) is 8.18. The Morgan fingerprint density at radius 2 is 1.50 bits per heavy atom. The first-order chi connectivity index (χ1) is 12.2. The van der Waals surface area contributed by atoms with Crippen molar-refractivity contribution in [2.75, 3.05) is 26.2 Å². The summed E-state index contributed by atoms with van der Waals surface area (Å²) in [7, 11) is -3.57. The maximum absolute atomic E-state index is 13.2. The first kappa shape index (κ1) is 20.4. The van der Waals surface area contributed by atoms with Gasteiger partial charge >= 0.3 is 0 Å². The van der Waals surface area contributed by atoms with E-state index in [2.05, 4.69) is 0 Å². The van der Waals surface area contributed by atoms with Crippen LogP contribution < -0.4 is 0 Å². The highest BCUT2D eigenvalue weighted by atomic mass is 32.2. The van der Waals surface area contributed by atoms with E-state index in [0.29, 0.717) is 31.1 Å². The summed E-state index contributed by atoms with van der Waals surface area (Å²) in [5.41, 5.74) is 3.57. The number of carbonyl (C=O) groups excluding carboxylic acids is 1. The zero-order valence-electron chi connectivity index (χ0n) is 16.2. The van der Waals surface area contributed by atoms with E-state index in [0.717, 1.165) is 22.3 Å². The van der Waals surface area contributed by atoms with E-state index in [-0.39, 0.29) is 5.91 Å². The van der Waals surface area contributed by atoms with Gasteiger partial charge in [0.05, 0.1) is 4.90 Å². The molecule has 142 valence electrons. The van der Waals surface area contributed by atoms with E-state index in [9.17, 15) is 13.2 Å². The molecule has 0 aromatic heterocycles. The molecule has 26 heavy (non-hydrogen) atoms. The Labute approximate surface area is 157 Å². The number of hydrogen-bond acceptors (Lipinski definition) is 3. The first-order valence-electron chi connectivity index (χ1n) is 8.86. The number of piperazine rings is 1. The van der Waals surface area contributed by atoms with Crippen LogP contribution in [0.25, 0.3) is 0 Å². The molecule has 0 bridgehead atoms. The smallest absolute Gasteiger partial charge is 0.246 e. The minimum atomic E-state index is -3.57. The van der Waals surface area contributed by atoms with Crippen LogP contribution in [0.5, 0.6) is 0 Å². The Hall–Kier alpha value is -1.92. The SMILES string of the molecule is C/C=C/C=C/C(=O)N1CCN(S(=O)(=O)c2c(C)c(C)cc(C)c2C)CC1. The van der Waals surface area contributed by atoms with Crippen LogP contribution in [0.4, 0.5) is 0 Å². The Kier molecular flexibility index (Phi) is 6.42. The fourth-order valence-electron chi connectivity index (χ4n) is 3.20. The third kappa shape index (κ3) is 4.07. The lowest BCUT2D eigenvalue weighted by Gasteiger charge is -2.34. The summed E-state index contributed by atoms with van der Waals surface area (Å²) in [6, 6.07) is 2.03. The van der Waals surface area contributed by atoms with Gasteiger partial charge in [0.1, 0.15) is 0 Å². The molecule has 5 nitrogen and oxygen atoms in total. The molecule has 0 unspecified atom stereocenters. The van der Waals surface area contributed by atoms with Crippen LogP contribution in [0.2, 0.25) is 0 Å². The average Bonchev–Trinajstić information content (AvgIpc) is 2.60. The van der Waals surface area contributed by atoms with Gasteiger partial charge in [-0.05, 0) is 56.9 Å². The number of carbonyl (C=O) groups is 1. The van der Waals surface area contributed by atoms with Crippen LogP contribution in [0.3, 0.4) is 0 Å². The number of nitrogens with zero attached hydrogens (tertiary/aromatic N) is 2. The Morgan fingerprint density at radius 1 is 0.962 bits per heavy atom. The summed E-state index contributed by atoms with van der Waals surface area (Å²) in [5.74, 6) is -0.0843. The largest absolute Gasteiger partial charge is 0.337 e. The quantitative estimate of drug-likeness (QED) is 0.600. The normalized spacial score (nSPS) is 16.7. The Balaban J connectivity index is 2.20. The van der Waals surface area contributed by atoms with E-state index >= 15 is 0 Å². The number of rotatable bonds is 4. The van der Waals surface area contributed by atoms with Crippen LogP contribution in [-0.4, -0.2) is 49.7 Å². The zero-order valence-corrected chi connectivity index (χ0v) is 17.1. The van der Waals surface area contributed by atoms with Crippen molar-refractivity contribution in [2.45, 2.75) is 39.5 Å². The third-order valence-electron chi connectivity index (χ3n) is 4.99. The lowest BCUT2D eigenvalue weighted by Crippen LogP contribution is -2.50. The summed E-state index contributed by atoms with van der Waals surface area (Å²) >= 11 is 0. The molecule has 1 fully saturated rings. The van der Waals surface area contributed by atoms with Gasteiger partial charge in [0.25, 0.3) is 0 Å². The molecular formula is C20H28N2O3S. The molecular weight excluding hydrogens is 348 g/mol. The third-order valence-corrected chi connectivity index (χ3v) is 7.16. The van der Waals surface area contributed by atoms with Gasteiger partial charge in [-0.3, -0.25) is 4.79 Å². The molecule has 0 atom stereocenters. The van der Waals surface area contributed by atoms with Crippen LogP contribution in [0, 0.1) is 27.7 Å². The lowest BCUT2D eigenvalue weighted by molar-refractivity contribution is -0.127. The van der Waals surface area contributed by atoms with Gasteiger partial charge < -0.3 is 4.90 Å². The predicted molar refractivity (Wildman–Crippen MR) is 105 cm³/mol. The van der Waals surface area contributed by atoms with Crippen molar-refractivity contribution in [3.8, 4) is 0 Å². The minimum Gasteiger partial charge on any atom is -0.337 e. The molecule has 0 radical (unpaired) electrons. The van der Waals surface area contributed by atoms with E-state index in [1.807, 2.05) is 46.8 Å². The maximum atomic E-state index is 13.2. The van der Waals surface area contributed by atoms with Gasteiger partial charge in [-0.25, -0.2) is 8.42 Å². The van der Waals surface area contributed by atoms with Crippen molar-refractivity contribution in [1.82, 2.24) is 9.21 Å². The van der Waals surface area contributed by atoms with Gasteiger partial charge in [-0.2, -0.15) is 4.31 Å². The standard InChI is InChI=1S/C20H28N2O3S/c1-6-7-8-9-19(23)21-10-12-22(13-11-21)26(24,25)20-17(4)15(2)14-16(3)18(20)5/h6-9,14H,10-13H2,1-5H3/b7-6+,9-8+. The topological polar surface area (TPSA) is 57.7 Å². The highest BCUT2D eigenvalue weighted by molar-refractivity contribution is 7.89. The van der Waals surface area contributed by atoms with Crippen molar-refractivity contribution in [2.24, 2.45) is 0 Å². The van der Waals surface area contributed by atoms with E-state index in [1.165, 1.54) is 10.4 Å². The maximum Gasteiger partial charge on any atom is 0.246 e. The van der Waals surface area contributed by atoms with Crippen molar-refractivity contribution >= 4 is 15.9 Å². The summed E-state index contributed by atoms with van der Waals surface area (Å²) < 4.78 is 27.9. The number of aryl methyl sites for hydroxylation is 2. The number of hydrogen-bond donors (Lipinski definition) is 0. The number of amides is 1. The molecule has 2 rings (SSSR count). The summed E-state index contributed by atoms with van der Waals surface area (Å²) in [6.07, 6.45) is 6.86. The lowest BCUT2D eigenvalue weighted by atomic mass is 10.0. The summed E-state index contributed by atoms with van der Waals surface area (Å²) in [5, 5.41) is 0. The molecule has 1 aliphatic rings. The van der Waals surface area contributed by atoms with E-state index in [4.69, 9.17) is 0 Å². The van der Waals surface area contributed by atoms with Gasteiger partial charge in [0.15, 0.2) is 0 Å². The van der Waals surface area contributed by atoms with E-state index < -0.39 is 10.0 Å². The van der Waals surface area contributed by atoms with Crippen LogP contribution in [0.15, 0.2) is 35.3 Å². The molecule has 6 heteroatoms. The molecule has 0 N–H and O–H groups in total. The molecule has 1 aromatic rings. The van der Waals surface area contributed by atoms with Crippen molar-refractivity contribution in [3.63, 3.8) is 0 Å². The minimum absolute atomic E-state index is 0.0843. The van der Waals surface area contributed by atoms with Crippen LogP contribution in [0.1, 0.15) is 29.2 Å². The number of benzene rings is 1. The van der Waals surface area contributed by atoms with Gasteiger partial charge in [-0.15, -0.1) is 0 Å². The highest BCUT2D eigenvalue weighted by Gasteiger charge is 2.32. The Bertz CT molecular complexity index is 820. The highest BCUT2D eigenvalue weighted by Crippen LogP contribution is 2.29.